The topological polar surface area (TPSA) is 84.2 Å². The molecule has 0 saturated heterocycles. The molecule has 0 saturated carbocycles. The van der Waals surface area contributed by atoms with E-state index in [0.29, 0.717) is 29.2 Å². The molecule has 1 heterocycles. The second kappa shape index (κ2) is 11.6. The lowest BCUT2D eigenvalue weighted by molar-refractivity contribution is -0.124. The first-order chi connectivity index (χ1) is 14.3. The maximum atomic E-state index is 12.6. The number of rotatable bonds is 11. The van der Waals surface area contributed by atoms with Crippen molar-refractivity contribution >= 4 is 40.4 Å². The quantitative estimate of drug-likeness (QED) is 0.399. The Kier molecular flexibility index (Phi) is 9.42. The predicted octanol–water partition coefficient (Wildman–Crippen LogP) is 4.55. The molecule has 0 fully saturated rings. The Hall–Kier alpha value is -1.80. The van der Waals surface area contributed by atoms with Gasteiger partial charge in [-0.05, 0) is 52.4 Å². The van der Waals surface area contributed by atoms with Gasteiger partial charge in [-0.25, -0.2) is 9.78 Å². The smallest absolute Gasteiger partial charge is 0.336 e. The molecule has 1 aromatic heterocycles. The molecule has 0 bridgehead atoms. The highest BCUT2D eigenvalue weighted by Gasteiger charge is 2.19. The monoisotopic (exact) mass is 495 g/mol. The second-order valence-corrected chi connectivity index (χ2v) is 9.07. The number of carboxylic acid groups (broad SMARTS) is 1. The van der Waals surface area contributed by atoms with Crippen molar-refractivity contribution in [2.75, 3.05) is 5.75 Å². The average molecular weight is 496 g/mol. The molecule has 2 rings (SSSR count). The Morgan fingerprint density at radius 3 is 2.63 bits per heavy atom. The van der Waals surface area contributed by atoms with Gasteiger partial charge < -0.3 is 15.0 Å². The zero-order chi connectivity index (χ0) is 22.3. The number of carbonyl (C=O) groups is 2. The molecule has 0 unspecified atom stereocenters. The van der Waals surface area contributed by atoms with Crippen LogP contribution in [0.4, 0.5) is 0 Å². The van der Waals surface area contributed by atoms with Crippen molar-refractivity contribution in [2.45, 2.75) is 53.1 Å². The normalized spacial score (nSPS) is 12.2. The number of imidazole rings is 1. The van der Waals surface area contributed by atoms with Crippen LogP contribution < -0.4 is 5.32 Å². The van der Waals surface area contributed by atoms with Crippen LogP contribution in [0.15, 0.2) is 28.9 Å². The Balaban J connectivity index is 2.19. The number of carbonyl (C=O) groups excluding carboxylic acids is 1. The van der Waals surface area contributed by atoms with E-state index < -0.39 is 5.97 Å². The van der Waals surface area contributed by atoms with Gasteiger partial charge in [0, 0.05) is 29.1 Å². The van der Waals surface area contributed by atoms with E-state index in [1.54, 1.807) is 6.07 Å². The standard InChI is InChI=1S/C22H30BrN3O3S/c1-4-5-20-24-10-17(11-25-21(27)16(13-30)8-14(2)3)26(20)12-15-6-7-18(22(28)29)19(23)9-15/h6-7,9-10,14,16,30H,4-5,8,11-13H2,1-3H3,(H,25,27)(H,28,29)/t16-/m0/s1. The number of hydrogen-bond donors (Lipinski definition) is 3. The maximum Gasteiger partial charge on any atom is 0.336 e. The first kappa shape index (κ1) is 24.5. The molecule has 1 aromatic carbocycles. The molecule has 0 radical (unpaired) electrons. The van der Waals surface area contributed by atoms with E-state index in [1.165, 1.54) is 0 Å². The van der Waals surface area contributed by atoms with Gasteiger partial charge in [0.1, 0.15) is 5.82 Å². The number of thiol groups is 1. The highest BCUT2D eigenvalue weighted by molar-refractivity contribution is 9.10. The molecule has 1 atom stereocenters. The van der Waals surface area contributed by atoms with E-state index in [2.05, 4.69) is 64.2 Å². The summed E-state index contributed by atoms with van der Waals surface area (Å²) in [5, 5.41) is 12.3. The van der Waals surface area contributed by atoms with Crippen molar-refractivity contribution in [3.8, 4) is 0 Å². The fourth-order valence-electron chi connectivity index (χ4n) is 3.38. The van der Waals surface area contributed by atoms with Crippen molar-refractivity contribution in [1.82, 2.24) is 14.9 Å². The molecule has 2 aromatic rings. The van der Waals surface area contributed by atoms with E-state index in [0.717, 1.165) is 36.3 Å². The highest BCUT2D eigenvalue weighted by Crippen LogP contribution is 2.21. The third kappa shape index (κ3) is 6.60. The summed E-state index contributed by atoms with van der Waals surface area (Å²) in [5.74, 6) is 0.839. The molecule has 0 aliphatic heterocycles. The van der Waals surface area contributed by atoms with E-state index >= 15 is 0 Å². The number of aryl methyl sites for hydroxylation is 1. The van der Waals surface area contributed by atoms with Crippen LogP contribution in [0.3, 0.4) is 0 Å². The number of halogens is 1. The summed E-state index contributed by atoms with van der Waals surface area (Å²) in [7, 11) is 0. The summed E-state index contributed by atoms with van der Waals surface area (Å²) in [6, 6.07) is 5.23. The van der Waals surface area contributed by atoms with Crippen molar-refractivity contribution < 1.29 is 14.7 Å². The first-order valence-corrected chi connectivity index (χ1v) is 11.6. The maximum absolute atomic E-state index is 12.6. The fraction of sp³-hybridized carbons (Fsp3) is 0.500. The van der Waals surface area contributed by atoms with Crippen molar-refractivity contribution in [3.05, 3.63) is 51.5 Å². The van der Waals surface area contributed by atoms with Gasteiger partial charge in [-0.3, -0.25) is 4.79 Å². The van der Waals surface area contributed by atoms with Gasteiger partial charge in [-0.1, -0.05) is 26.8 Å². The molecular weight excluding hydrogens is 466 g/mol. The van der Waals surface area contributed by atoms with Crippen molar-refractivity contribution in [1.29, 1.82) is 0 Å². The van der Waals surface area contributed by atoms with Crippen LogP contribution in [-0.4, -0.2) is 32.3 Å². The predicted molar refractivity (Wildman–Crippen MR) is 125 cm³/mol. The van der Waals surface area contributed by atoms with Gasteiger partial charge in [0.25, 0.3) is 0 Å². The lowest BCUT2D eigenvalue weighted by Crippen LogP contribution is -2.32. The number of amides is 1. The lowest BCUT2D eigenvalue weighted by atomic mass is 9.98. The zero-order valence-corrected chi connectivity index (χ0v) is 20.2. The summed E-state index contributed by atoms with van der Waals surface area (Å²) in [5.41, 5.74) is 2.11. The highest BCUT2D eigenvalue weighted by atomic mass is 79.9. The largest absolute Gasteiger partial charge is 0.478 e. The summed E-state index contributed by atoms with van der Waals surface area (Å²) in [4.78, 5) is 28.4. The van der Waals surface area contributed by atoms with E-state index in [4.69, 9.17) is 0 Å². The summed E-state index contributed by atoms with van der Waals surface area (Å²) < 4.78 is 2.65. The van der Waals surface area contributed by atoms with Gasteiger partial charge in [0.05, 0.1) is 24.0 Å². The molecule has 0 aliphatic rings. The van der Waals surface area contributed by atoms with Gasteiger partial charge in [0.15, 0.2) is 0 Å². The lowest BCUT2D eigenvalue weighted by Gasteiger charge is -2.18. The van der Waals surface area contributed by atoms with Crippen LogP contribution in [0.1, 0.15) is 61.1 Å². The second-order valence-electron chi connectivity index (χ2n) is 7.85. The Morgan fingerprint density at radius 1 is 1.33 bits per heavy atom. The first-order valence-electron chi connectivity index (χ1n) is 10.2. The van der Waals surface area contributed by atoms with E-state index in [1.807, 2.05) is 18.3 Å². The molecule has 8 heteroatoms. The zero-order valence-electron chi connectivity index (χ0n) is 17.7. The molecule has 30 heavy (non-hydrogen) atoms. The number of aromatic nitrogens is 2. The van der Waals surface area contributed by atoms with Crippen LogP contribution in [0.5, 0.6) is 0 Å². The Labute approximate surface area is 192 Å². The number of nitrogens with zero attached hydrogens (tertiary/aromatic N) is 2. The molecular formula is C22H30BrN3O3S. The average Bonchev–Trinajstić information content (AvgIpc) is 3.05. The summed E-state index contributed by atoms with van der Waals surface area (Å²) in [6.07, 6.45) is 4.40. The third-order valence-corrected chi connectivity index (χ3v) is 5.99. The fourth-order valence-corrected chi connectivity index (χ4v) is 4.29. The molecule has 6 nitrogen and oxygen atoms in total. The molecule has 1 amide bonds. The third-order valence-electron chi connectivity index (χ3n) is 4.89. The number of hydrogen-bond acceptors (Lipinski definition) is 4. The minimum absolute atomic E-state index is 0.0112. The summed E-state index contributed by atoms with van der Waals surface area (Å²) in [6.45, 7) is 7.25. The molecule has 2 N–H and O–H groups in total. The number of benzene rings is 1. The van der Waals surface area contributed by atoms with Gasteiger partial charge >= 0.3 is 5.97 Å². The number of aromatic carboxylic acids is 1. The minimum Gasteiger partial charge on any atom is -0.478 e. The van der Waals surface area contributed by atoms with Crippen molar-refractivity contribution in [3.63, 3.8) is 0 Å². The van der Waals surface area contributed by atoms with Crippen LogP contribution in [0.25, 0.3) is 0 Å². The minimum atomic E-state index is -0.966. The Morgan fingerprint density at radius 2 is 2.07 bits per heavy atom. The number of nitrogens with one attached hydrogen (secondary N) is 1. The summed E-state index contributed by atoms with van der Waals surface area (Å²) >= 11 is 7.68. The molecule has 0 spiro atoms. The van der Waals surface area contributed by atoms with E-state index in [-0.39, 0.29) is 17.4 Å². The van der Waals surface area contributed by atoms with E-state index in [9.17, 15) is 14.7 Å². The van der Waals surface area contributed by atoms with Crippen LogP contribution in [0, 0.1) is 11.8 Å². The number of carboxylic acids is 1. The SMILES string of the molecule is CCCc1ncc(CNC(=O)[C@H](CS)CC(C)C)n1Cc1ccc(C(=O)O)c(Br)c1. The van der Waals surface area contributed by atoms with Crippen molar-refractivity contribution in [2.24, 2.45) is 11.8 Å². The molecule has 0 aliphatic carbocycles. The van der Waals surface area contributed by atoms with Crippen LogP contribution >= 0.6 is 28.6 Å². The van der Waals surface area contributed by atoms with Gasteiger partial charge in [-0.15, -0.1) is 0 Å². The van der Waals surface area contributed by atoms with Gasteiger partial charge in [-0.2, -0.15) is 12.6 Å². The van der Waals surface area contributed by atoms with Gasteiger partial charge in [0.2, 0.25) is 5.91 Å². The van der Waals surface area contributed by atoms with Crippen LogP contribution in [-0.2, 0) is 24.3 Å². The Bertz CT molecular complexity index is 883. The van der Waals surface area contributed by atoms with Crippen LogP contribution in [0.2, 0.25) is 0 Å². The molecule has 164 valence electrons.